The van der Waals surface area contributed by atoms with E-state index in [1.807, 2.05) is 31.2 Å². The van der Waals surface area contributed by atoms with E-state index in [9.17, 15) is 9.90 Å². The van der Waals surface area contributed by atoms with Gasteiger partial charge in [-0.15, -0.1) is 12.4 Å². The zero-order valence-electron chi connectivity index (χ0n) is 12.2. The van der Waals surface area contributed by atoms with Crippen LogP contribution in [0, 0.1) is 6.92 Å². The lowest BCUT2D eigenvalue weighted by molar-refractivity contribution is -0.122. The third-order valence-corrected chi connectivity index (χ3v) is 3.38. The van der Waals surface area contributed by atoms with E-state index in [1.165, 1.54) is 0 Å². The van der Waals surface area contributed by atoms with Crippen LogP contribution in [-0.2, 0) is 9.53 Å². The lowest BCUT2D eigenvalue weighted by atomic mass is 10.1. The first-order chi connectivity index (χ1) is 9.65. The van der Waals surface area contributed by atoms with Crippen LogP contribution < -0.4 is 10.6 Å². The standard InChI is InChI=1S/C15H22N2O3.ClH/c1-11-2-4-12(5-3-11)14(18)9-17-15(19)8-13-10-20-7-6-16-13;/h2-5,13-14,16,18H,6-10H2,1H3,(H,17,19);1H. The van der Waals surface area contributed by atoms with Crippen molar-refractivity contribution in [2.45, 2.75) is 25.5 Å². The molecule has 1 amide bonds. The van der Waals surface area contributed by atoms with Gasteiger partial charge in [0, 0.05) is 25.6 Å². The second-order valence-corrected chi connectivity index (χ2v) is 5.16. The summed E-state index contributed by atoms with van der Waals surface area (Å²) in [6.45, 7) is 4.27. The molecule has 0 spiro atoms. The number of halogens is 1. The SMILES string of the molecule is Cc1ccc(C(O)CNC(=O)CC2COCCN2)cc1.Cl. The molecule has 3 N–H and O–H groups in total. The van der Waals surface area contributed by atoms with Crippen molar-refractivity contribution in [3.63, 3.8) is 0 Å². The number of nitrogens with one attached hydrogen (secondary N) is 2. The first-order valence-electron chi connectivity index (χ1n) is 6.97. The molecule has 0 aliphatic carbocycles. The van der Waals surface area contributed by atoms with Crippen LogP contribution >= 0.6 is 12.4 Å². The Labute approximate surface area is 131 Å². The van der Waals surface area contributed by atoms with Crippen LogP contribution in [0.5, 0.6) is 0 Å². The number of amides is 1. The molecule has 2 unspecified atom stereocenters. The van der Waals surface area contributed by atoms with Crippen LogP contribution in [0.2, 0.25) is 0 Å². The highest BCUT2D eigenvalue weighted by Gasteiger charge is 2.17. The van der Waals surface area contributed by atoms with Crippen LogP contribution in [0.4, 0.5) is 0 Å². The molecule has 0 bridgehead atoms. The molecule has 1 aromatic rings. The van der Waals surface area contributed by atoms with Gasteiger partial charge in [-0.3, -0.25) is 4.79 Å². The molecular formula is C15H23ClN2O3. The summed E-state index contributed by atoms with van der Waals surface area (Å²) in [4.78, 5) is 11.8. The van der Waals surface area contributed by atoms with Crippen LogP contribution in [-0.4, -0.2) is 43.4 Å². The summed E-state index contributed by atoms with van der Waals surface area (Å²) in [7, 11) is 0. The van der Waals surface area contributed by atoms with Gasteiger partial charge in [-0.05, 0) is 12.5 Å². The number of ether oxygens (including phenoxy) is 1. The maximum atomic E-state index is 11.8. The largest absolute Gasteiger partial charge is 0.387 e. The molecule has 0 saturated carbocycles. The Hall–Kier alpha value is -1.14. The molecule has 1 aliphatic rings. The molecule has 1 fully saturated rings. The molecule has 1 aliphatic heterocycles. The van der Waals surface area contributed by atoms with Crippen LogP contribution in [0.15, 0.2) is 24.3 Å². The fraction of sp³-hybridized carbons (Fsp3) is 0.533. The van der Waals surface area contributed by atoms with Gasteiger partial charge >= 0.3 is 0 Å². The van der Waals surface area contributed by atoms with E-state index < -0.39 is 6.10 Å². The van der Waals surface area contributed by atoms with E-state index in [2.05, 4.69) is 10.6 Å². The predicted octanol–water partition coefficient (Wildman–Crippen LogP) is 0.945. The van der Waals surface area contributed by atoms with E-state index in [-0.39, 0.29) is 30.9 Å². The summed E-state index contributed by atoms with van der Waals surface area (Å²) >= 11 is 0. The molecule has 118 valence electrons. The molecule has 5 nitrogen and oxygen atoms in total. The minimum Gasteiger partial charge on any atom is -0.387 e. The quantitative estimate of drug-likeness (QED) is 0.756. The number of aliphatic hydroxyl groups is 1. The Morgan fingerprint density at radius 1 is 1.48 bits per heavy atom. The van der Waals surface area contributed by atoms with Gasteiger partial charge in [0.15, 0.2) is 0 Å². The monoisotopic (exact) mass is 314 g/mol. The average molecular weight is 315 g/mol. The molecule has 0 radical (unpaired) electrons. The maximum absolute atomic E-state index is 11.8. The van der Waals surface area contributed by atoms with Crippen LogP contribution in [0.3, 0.4) is 0 Å². The van der Waals surface area contributed by atoms with Gasteiger partial charge in [0.1, 0.15) is 0 Å². The number of morpholine rings is 1. The minimum absolute atomic E-state index is 0. The van der Waals surface area contributed by atoms with Gasteiger partial charge in [0.2, 0.25) is 5.91 Å². The summed E-state index contributed by atoms with van der Waals surface area (Å²) in [6, 6.07) is 7.72. The zero-order valence-corrected chi connectivity index (χ0v) is 13.0. The van der Waals surface area contributed by atoms with Crippen LogP contribution in [0.1, 0.15) is 23.7 Å². The topological polar surface area (TPSA) is 70.6 Å². The molecular weight excluding hydrogens is 292 g/mol. The van der Waals surface area contributed by atoms with Gasteiger partial charge in [-0.2, -0.15) is 0 Å². The fourth-order valence-electron chi connectivity index (χ4n) is 2.16. The number of aryl methyl sites for hydroxylation is 1. The lowest BCUT2D eigenvalue weighted by Gasteiger charge is -2.23. The summed E-state index contributed by atoms with van der Waals surface area (Å²) in [5, 5.41) is 16.0. The molecule has 6 heteroatoms. The van der Waals surface area contributed by atoms with Gasteiger partial charge in [0.25, 0.3) is 0 Å². The third-order valence-electron chi connectivity index (χ3n) is 3.38. The lowest BCUT2D eigenvalue weighted by Crippen LogP contribution is -2.44. The highest BCUT2D eigenvalue weighted by molar-refractivity contribution is 5.85. The van der Waals surface area contributed by atoms with E-state index in [1.54, 1.807) is 0 Å². The maximum Gasteiger partial charge on any atom is 0.221 e. The Balaban J connectivity index is 0.00000220. The molecule has 2 rings (SSSR count). The fourth-order valence-corrected chi connectivity index (χ4v) is 2.16. The van der Waals surface area contributed by atoms with Gasteiger partial charge in [0.05, 0.1) is 19.3 Å². The molecule has 0 aromatic heterocycles. The van der Waals surface area contributed by atoms with Crippen molar-refractivity contribution in [2.75, 3.05) is 26.3 Å². The number of hydrogen-bond acceptors (Lipinski definition) is 4. The Morgan fingerprint density at radius 2 is 2.19 bits per heavy atom. The minimum atomic E-state index is -0.671. The number of carbonyl (C=O) groups excluding carboxylic acids is 1. The molecule has 1 heterocycles. The third kappa shape index (κ3) is 6.01. The van der Waals surface area contributed by atoms with Crippen molar-refractivity contribution >= 4 is 18.3 Å². The zero-order chi connectivity index (χ0) is 14.4. The van der Waals surface area contributed by atoms with E-state index in [0.29, 0.717) is 19.6 Å². The van der Waals surface area contributed by atoms with Gasteiger partial charge in [-0.1, -0.05) is 29.8 Å². The molecule has 1 saturated heterocycles. The molecule has 1 aromatic carbocycles. The number of carbonyl (C=O) groups is 1. The van der Waals surface area contributed by atoms with Crippen molar-refractivity contribution in [1.29, 1.82) is 0 Å². The average Bonchev–Trinajstić information content (AvgIpc) is 2.46. The molecule has 2 atom stereocenters. The number of aliphatic hydroxyl groups excluding tert-OH is 1. The highest BCUT2D eigenvalue weighted by atomic mass is 35.5. The Morgan fingerprint density at radius 3 is 2.81 bits per heavy atom. The van der Waals surface area contributed by atoms with Crippen molar-refractivity contribution in [3.8, 4) is 0 Å². The Bertz CT molecular complexity index is 433. The second-order valence-electron chi connectivity index (χ2n) is 5.16. The van der Waals surface area contributed by atoms with Crippen molar-refractivity contribution < 1.29 is 14.6 Å². The normalized spacial score (nSPS) is 19.4. The summed E-state index contributed by atoms with van der Waals surface area (Å²) in [5.74, 6) is -0.0702. The smallest absolute Gasteiger partial charge is 0.221 e. The van der Waals surface area contributed by atoms with E-state index in [0.717, 1.165) is 17.7 Å². The highest BCUT2D eigenvalue weighted by Crippen LogP contribution is 2.12. The molecule has 21 heavy (non-hydrogen) atoms. The van der Waals surface area contributed by atoms with E-state index in [4.69, 9.17) is 4.74 Å². The van der Waals surface area contributed by atoms with Gasteiger partial charge in [-0.25, -0.2) is 0 Å². The number of hydrogen-bond donors (Lipinski definition) is 3. The number of benzene rings is 1. The van der Waals surface area contributed by atoms with Crippen molar-refractivity contribution in [3.05, 3.63) is 35.4 Å². The van der Waals surface area contributed by atoms with Crippen LogP contribution in [0.25, 0.3) is 0 Å². The summed E-state index contributed by atoms with van der Waals surface area (Å²) < 4.78 is 5.30. The Kier molecular flexibility index (Phi) is 7.67. The van der Waals surface area contributed by atoms with Crippen molar-refractivity contribution in [1.82, 2.24) is 10.6 Å². The first kappa shape index (κ1) is 17.9. The second kappa shape index (κ2) is 9.00. The number of rotatable bonds is 5. The van der Waals surface area contributed by atoms with Crippen molar-refractivity contribution in [2.24, 2.45) is 0 Å². The summed E-state index contributed by atoms with van der Waals surface area (Å²) in [5.41, 5.74) is 1.96. The van der Waals surface area contributed by atoms with Gasteiger partial charge < -0.3 is 20.5 Å². The summed E-state index contributed by atoms with van der Waals surface area (Å²) in [6.07, 6.45) is -0.296. The first-order valence-corrected chi connectivity index (χ1v) is 6.97. The predicted molar refractivity (Wildman–Crippen MR) is 83.6 cm³/mol. The van der Waals surface area contributed by atoms with E-state index >= 15 is 0 Å².